The molecule has 40 heavy (non-hydrogen) atoms. The summed E-state index contributed by atoms with van der Waals surface area (Å²) in [6.07, 6.45) is 0.546. The minimum atomic E-state index is -1.21. The number of carboxylic acids is 1. The van der Waals surface area contributed by atoms with E-state index in [4.69, 9.17) is 22.3 Å². The van der Waals surface area contributed by atoms with E-state index in [2.05, 4.69) is 15.6 Å². The van der Waals surface area contributed by atoms with Gasteiger partial charge < -0.3 is 37.8 Å². The monoisotopic (exact) mass is 547 g/mol. The number of amides is 4. The van der Waals surface area contributed by atoms with Crippen LogP contribution >= 0.6 is 0 Å². The summed E-state index contributed by atoms with van der Waals surface area (Å²) in [6.45, 7) is -0.0730. The number of aliphatic imine (C=N–C) groups is 1. The molecule has 0 bridgehead atoms. The molecule has 1 atom stereocenters. The Morgan fingerprint density at radius 2 is 1.55 bits per heavy atom. The number of primary amides is 1. The van der Waals surface area contributed by atoms with E-state index in [1.165, 1.54) is 4.90 Å². The van der Waals surface area contributed by atoms with Crippen LogP contribution in [0, 0.1) is 0 Å². The van der Waals surface area contributed by atoms with Gasteiger partial charge in [0.15, 0.2) is 5.96 Å². The van der Waals surface area contributed by atoms with E-state index in [0.717, 1.165) is 21.9 Å². The first-order valence-corrected chi connectivity index (χ1v) is 12.6. The number of carboxylic acid groups (broad SMARTS) is 1. The van der Waals surface area contributed by atoms with Crippen molar-refractivity contribution < 1.29 is 24.3 Å². The third kappa shape index (κ3) is 8.72. The zero-order valence-electron chi connectivity index (χ0n) is 21.9. The number of hydrogen-bond donors (Lipinski definition) is 6. The molecule has 0 spiro atoms. The van der Waals surface area contributed by atoms with Gasteiger partial charge in [0.25, 0.3) is 5.91 Å². The van der Waals surface area contributed by atoms with Crippen molar-refractivity contribution in [3.63, 3.8) is 0 Å². The summed E-state index contributed by atoms with van der Waals surface area (Å²) in [4.78, 5) is 54.8. The van der Waals surface area contributed by atoms with Crippen molar-refractivity contribution in [3.05, 3.63) is 83.4 Å². The first-order valence-electron chi connectivity index (χ1n) is 12.6. The van der Waals surface area contributed by atoms with Crippen molar-refractivity contribution in [2.24, 2.45) is 22.2 Å². The fourth-order valence-corrected chi connectivity index (χ4v) is 4.16. The van der Waals surface area contributed by atoms with Gasteiger partial charge in [0.2, 0.25) is 5.91 Å². The van der Waals surface area contributed by atoms with Crippen molar-refractivity contribution in [3.8, 4) is 0 Å². The number of carbonyl (C=O) groups is 4. The van der Waals surface area contributed by atoms with Crippen LogP contribution in [-0.2, 0) is 22.7 Å². The van der Waals surface area contributed by atoms with Crippen LogP contribution in [0.5, 0.6) is 0 Å². The summed E-state index contributed by atoms with van der Waals surface area (Å²) >= 11 is 0. The Bertz CT molecular complexity index is 1390. The minimum Gasteiger partial charge on any atom is -0.480 e. The number of guanidine groups is 1. The molecule has 3 rings (SSSR count). The topological polar surface area (TPSA) is 206 Å². The molecule has 0 aromatic heterocycles. The van der Waals surface area contributed by atoms with Crippen LogP contribution in [-0.4, -0.2) is 58.9 Å². The average Bonchev–Trinajstić information content (AvgIpc) is 2.93. The lowest BCUT2D eigenvalue weighted by molar-refractivity contribution is -0.138. The van der Waals surface area contributed by atoms with Gasteiger partial charge >= 0.3 is 12.0 Å². The van der Waals surface area contributed by atoms with Crippen LogP contribution in [0.4, 0.5) is 4.79 Å². The second kappa shape index (κ2) is 14.1. The Labute approximate surface area is 231 Å². The van der Waals surface area contributed by atoms with E-state index in [0.29, 0.717) is 12.0 Å². The maximum Gasteiger partial charge on any atom is 0.322 e. The predicted octanol–water partition coefficient (Wildman–Crippen LogP) is 1.27. The molecular formula is C28H33N7O5. The first-order chi connectivity index (χ1) is 19.1. The summed E-state index contributed by atoms with van der Waals surface area (Å²) < 4.78 is 0. The Hall–Kier alpha value is -5.13. The SMILES string of the molecule is NC(=O)NCc1ccc(CN(C(=O)c2ccc3ccccc3c2)[C@H](CCCN=C(N)N)C(=O)NCC(=O)O)cc1. The highest BCUT2D eigenvalue weighted by Gasteiger charge is 2.31. The van der Waals surface area contributed by atoms with Gasteiger partial charge in [0.1, 0.15) is 12.6 Å². The second-order valence-electron chi connectivity index (χ2n) is 9.11. The number of hydrogen-bond acceptors (Lipinski definition) is 5. The molecule has 0 heterocycles. The van der Waals surface area contributed by atoms with Gasteiger partial charge in [-0.2, -0.15) is 0 Å². The number of nitrogens with two attached hydrogens (primary N) is 3. The van der Waals surface area contributed by atoms with Crippen LogP contribution in [0.15, 0.2) is 71.7 Å². The highest BCUT2D eigenvalue weighted by molar-refractivity contribution is 6.01. The van der Waals surface area contributed by atoms with Gasteiger partial charge in [-0.25, -0.2) is 4.79 Å². The van der Waals surface area contributed by atoms with E-state index in [1.54, 1.807) is 36.4 Å². The Kier molecular flexibility index (Phi) is 10.4. The van der Waals surface area contributed by atoms with Gasteiger partial charge in [-0.15, -0.1) is 0 Å². The fraction of sp³-hybridized carbons (Fsp3) is 0.250. The van der Waals surface area contributed by atoms with E-state index in [9.17, 15) is 19.2 Å². The van der Waals surface area contributed by atoms with E-state index >= 15 is 0 Å². The number of aliphatic carboxylic acids is 1. The van der Waals surface area contributed by atoms with E-state index in [1.807, 2.05) is 30.3 Å². The molecule has 9 N–H and O–H groups in total. The smallest absolute Gasteiger partial charge is 0.322 e. The predicted molar refractivity (Wildman–Crippen MR) is 151 cm³/mol. The van der Waals surface area contributed by atoms with Crippen molar-refractivity contribution in [2.45, 2.75) is 32.0 Å². The van der Waals surface area contributed by atoms with E-state index < -0.39 is 36.4 Å². The summed E-state index contributed by atoms with van der Waals surface area (Å²) in [5, 5.41) is 15.8. The molecule has 0 aliphatic carbocycles. The Morgan fingerprint density at radius 1 is 0.875 bits per heavy atom. The normalized spacial score (nSPS) is 11.3. The van der Waals surface area contributed by atoms with E-state index in [-0.39, 0.29) is 32.0 Å². The summed E-state index contributed by atoms with van der Waals surface area (Å²) in [5.41, 5.74) is 17.9. The number of benzene rings is 3. The standard InChI is InChI=1S/C28H33N7O5/c29-27(30)32-13-3-6-23(25(38)33-16-24(36)37)35(17-19-9-7-18(8-10-19)15-34-28(31)40)26(39)22-12-11-20-4-1-2-5-21(20)14-22/h1-2,4-5,7-12,14,23H,3,6,13,15-17H2,(H,33,38)(H,36,37)(H4,29,30,32)(H3,31,34,40)/t23-/m1/s1. The van der Waals surface area contributed by atoms with Gasteiger partial charge in [-0.05, 0) is 46.9 Å². The van der Waals surface area contributed by atoms with Gasteiger partial charge in [0, 0.05) is 25.2 Å². The summed E-state index contributed by atoms with van der Waals surface area (Å²) in [7, 11) is 0. The number of urea groups is 1. The fourth-order valence-electron chi connectivity index (χ4n) is 4.16. The van der Waals surface area contributed by atoms with Gasteiger partial charge in [-0.3, -0.25) is 19.4 Å². The van der Waals surface area contributed by atoms with Crippen LogP contribution in [0.1, 0.15) is 34.3 Å². The molecule has 0 fully saturated rings. The molecule has 0 unspecified atom stereocenters. The van der Waals surface area contributed by atoms with Crippen molar-refractivity contribution in [2.75, 3.05) is 13.1 Å². The van der Waals surface area contributed by atoms with Crippen LogP contribution in [0.3, 0.4) is 0 Å². The Balaban J connectivity index is 1.96. The molecule has 0 radical (unpaired) electrons. The third-order valence-corrected chi connectivity index (χ3v) is 6.12. The molecule has 4 amide bonds. The second-order valence-corrected chi connectivity index (χ2v) is 9.11. The lowest BCUT2D eigenvalue weighted by Gasteiger charge is -2.31. The molecule has 0 aliphatic heterocycles. The highest BCUT2D eigenvalue weighted by Crippen LogP contribution is 2.21. The number of fused-ring (bicyclic) bond motifs is 1. The van der Waals surface area contributed by atoms with Crippen molar-refractivity contribution in [1.29, 1.82) is 0 Å². The van der Waals surface area contributed by atoms with Crippen LogP contribution < -0.4 is 27.8 Å². The molecule has 12 nitrogen and oxygen atoms in total. The number of carbonyl (C=O) groups excluding carboxylic acids is 3. The Morgan fingerprint density at radius 3 is 2.20 bits per heavy atom. The molecule has 0 saturated heterocycles. The summed E-state index contributed by atoms with van der Waals surface area (Å²) in [6, 6.07) is 18.3. The lowest BCUT2D eigenvalue weighted by atomic mass is 10.0. The molecule has 3 aromatic carbocycles. The third-order valence-electron chi connectivity index (χ3n) is 6.12. The zero-order chi connectivity index (χ0) is 29.1. The van der Waals surface area contributed by atoms with Crippen molar-refractivity contribution in [1.82, 2.24) is 15.5 Å². The zero-order valence-corrected chi connectivity index (χ0v) is 21.9. The minimum absolute atomic E-state index is 0.0582. The van der Waals surface area contributed by atoms with Crippen LogP contribution in [0.25, 0.3) is 10.8 Å². The lowest BCUT2D eigenvalue weighted by Crippen LogP contribution is -2.50. The summed E-state index contributed by atoms with van der Waals surface area (Å²) in [5.74, 6) is -2.31. The molecule has 12 heteroatoms. The van der Waals surface area contributed by atoms with Gasteiger partial charge in [-0.1, -0.05) is 54.6 Å². The molecular weight excluding hydrogens is 514 g/mol. The van der Waals surface area contributed by atoms with Crippen LogP contribution in [0.2, 0.25) is 0 Å². The average molecular weight is 548 g/mol. The number of nitrogens with zero attached hydrogens (tertiary/aromatic N) is 2. The highest BCUT2D eigenvalue weighted by atomic mass is 16.4. The maximum absolute atomic E-state index is 14.0. The number of nitrogens with one attached hydrogen (secondary N) is 2. The van der Waals surface area contributed by atoms with Crippen molar-refractivity contribution >= 4 is 40.5 Å². The van der Waals surface area contributed by atoms with Gasteiger partial charge in [0.05, 0.1) is 0 Å². The first kappa shape index (κ1) is 29.4. The maximum atomic E-state index is 14.0. The largest absolute Gasteiger partial charge is 0.480 e. The molecule has 210 valence electrons. The molecule has 3 aromatic rings. The molecule has 0 saturated carbocycles. The molecule has 0 aliphatic rings. The quantitative estimate of drug-likeness (QED) is 0.105. The number of rotatable bonds is 13.